The van der Waals surface area contributed by atoms with Crippen molar-refractivity contribution in [1.29, 1.82) is 0 Å². The number of esters is 3. The lowest BCUT2D eigenvalue weighted by atomic mass is 9.81. The largest absolute Gasteiger partial charge is 0.467 e. The Bertz CT molecular complexity index is 1640. The monoisotopic (exact) mass is 781 g/mol. The molecule has 3 atom stereocenters. The van der Waals surface area contributed by atoms with E-state index in [0.717, 1.165) is 42.0 Å². The first-order valence-electron chi connectivity index (χ1n) is 19.7. The first-order valence-corrected chi connectivity index (χ1v) is 19.7. The number of rotatable bonds is 18. The van der Waals surface area contributed by atoms with Crippen molar-refractivity contribution in [3.8, 4) is 0 Å². The summed E-state index contributed by atoms with van der Waals surface area (Å²) in [5.74, 6) is -2.17. The lowest BCUT2D eigenvalue weighted by Gasteiger charge is -2.28. The molecule has 0 aliphatic heterocycles. The molecule has 1 aliphatic carbocycles. The van der Waals surface area contributed by atoms with E-state index in [1.807, 2.05) is 42.5 Å². The topological polar surface area (TPSA) is 204 Å². The number of benzene rings is 2. The van der Waals surface area contributed by atoms with Crippen molar-refractivity contribution in [3.63, 3.8) is 0 Å². The molecule has 56 heavy (non-hydrogen) atoms. The summed E-state index contributed by atoms with van der Waals surface area (Å²) in [5, 5.41) is 13.2. The second-order valence-corrected chi connectivity index (χ2v) is 16.6. The molecule has 2 aromatic carbocycles. The molecule has 1 saturated carbocycles. The van der Waals surface area contributed by atoms with Crippen LogP contribution < -0.4 is 27.0 Å². The van der Waals surface area contributed by atoms with Crippen molar-refractivity contribution >= 4 is 46.5 Å². The highest BCUT2D eigenvalue weighted by molar-refractivity contribution is 5.90. The van der Waals surface area contributed by atoms with E-state index >= 15 is 0 Å². The van der Waals surface area contributed by atoms with E-state index in [1.165, 1.54) is 7.11 Å². The van der Waals surface area contributed by atoms with Crippen molar-refractivity contribution in [3.05, 3.63) is 48.0 Å². The standard InChI is InChI=1S/C42H63N5O9/c1-41(2,3)55-35(48)22-21-33(39(52)56-42(4,5)6)47-40(53)46-32(38(51)54-7)14-10-11-23-44-37(50)34(45-36(49)30-19-15-27(26-43)16-20-30)25-28-17-18-29-12-8-9-13-31(29)24-28/h8-9,12-13,17-18,24,27,30,32-34H,10-11,14-16,19-23,25-26,43H2,1-7H3,(H,44,50)(H,45,49)(H2,46,47,53)/t27?,30?,32-,33-,34?/m0/s1. The van der Waals surface area contributed by atoms with Gasteiger partial charge in [0.2, 0.25) is 11.8 Å². The Balaban J connectivity index is 1.59. The number of hydrogen-bond donors (Lipinski definition) is 5. The zero-order valence-corrected chi connectivity index (χ0v) is 34.2. The normalized spacial score (nSPS) is 17.4. The van der Waals surface area contributed by atoms with Crippen molar-refractivity contribution in [2.75, 3.05) is 20.2 Å². The molecular weight excluding hydrogens is 718 g/mol. The summed E-state index contributed by atoms with van der Waals surface area (Å²) in [5.41, 5.74) is 5.19. The fourth-order valence-corrected chi connectivity index (χ4v) is 6.59. The predicted octanol–water partition coefficient (Wildman–Crippen LogP) is 4.59. The number of nitrogens with two attached hydrogens (primary N) is 1. The van der Waals surface area contributed by atoms with Gasteiger partial charge in [0, 0.05) is 25.3 Å². The second kappa shape index (κ2) is 21.5. The molecule has 0 spiro atoms. The third kappa shape index (κ3) is 16.2. The van der Waals surface area contributed by atoms with Crippen LogP contribution in [0.25, 0.3) is 10.8 Å². The van der Waals surface area contributed by atoms with E-state index in [2.05, 4.69) is 21.3 Å². The molecule has 0 bridgehead atoms. The number of fused-ring (bicyclic) bond motifs is 1. The molecule has 1 unspecified atom stereocenters. The van der Waals surface area contributed by atoms with Gasteiger partial charge in [-0.05, 0) is 122 Å². The highest BCUT2D eigenvalue weighted by atomic mass is 16.6. The van der Waals surface area contributed by atoms with Crippen LogP contribution in [0, 0.1) is 11.8 Å². The minimum atomic E-state index is -1.20. The maximum Gasteiger partial charge on any atom is 0.329 e. The fourth-order valence-electron chi connectivity index (χ4n) is 6.59. The molecule has 0 radical (unpaired) electrons. The van der Waals surface area contributed by atoms with Crippen LogP contribution in [0.15, 0.2) is 42.5 Å². The van der Waals surface area contributed by atoms with Gasteiger partial charge in [0.25, 0.3) is 0 Å². The Morgan fingerprint density at radius 2 is 1.38 bits per heavy atom. The maximum atomic E-state index is 13.6. The average molecular weight is 782 g/mol. The molecule has 3 rings (SSSR count). The number of hydrogen-bond acceptors (Lipinski definition) is 10. The smallest absolute Gasteiger partial charge is 0.329 e. The zero-order chi connectivity index (χ0) is 41.5. The van der Waals surface area contributed by atoms with Gasteiger partial charge < -0.3 is 41.2 Å². The summed E-state index contributed by atoms with van der Waals surface area (Å²) in [6.07, 6.45) is 4.36. The van der Waals surface area contributed by atoms with Gasteiger partial charge in [-0.1, -0.05) is 42.5 Å². The fraction of sp³-hybridized carbons (Fsp3) is 0.619. The van der Waals surface area contributed by atoms with Crippen molar-refractivity contribution in [1.82, 2.24) is 21.3 Å². The molecule has 2 aromatic rings. The van der Waals surface area contributed by atoms with Crippen molar-refractivity contribution in [2.45, 2.75) is 135 Å². The molecular formula is C42H63N5O9. The Hall–Kier alpha value is -4.72. The van der Waals surface area contributed by atoms with Crippen LogP contribution in [0.1, 0.15) is 105 Å². The van der Waals surface area contributed by atoms with E-state index in [4.69, 9.17) is 19.9 Å². The summed E-state index contributed by atoms with van der Waals surface area (Å²) in [6.45, 7) is 11.1. The van der Waals surface area contributed by atoms with Gasteiger partial charge in [0.05, 0.1) is 7.11 Å². The van der Waals surface area contributed by atoms with E-state index in [-0.39, 0.29) is 43.5 Å². The predicted molar refractivity (Wildman–Crippen MR) is 213 cm³/mol. The van der Waals surface area contributed by atoms with Crippen LogP contribution in [-0.2, 0) is 44.6 Å². The number of nitrogens with one attached hydrogen (secondary N) is 4. The summed E-state index contributed by atoms with van der Waals surface area (Å²) in [7, 11) is 1.20. The van der Waals surface area contributed by atoms with Gasteiger partial charge in [-0.3, -0.25) is 14.4 Å². The molecule has 14 heteroatoms. The number of carbonyl (C=O) groups excluding carboxylic acids is 6. The van der Waals surface area contributed by atoms with Crippen LogP contribution in [0.3, 0.4) is 0 Å². The zero-order valence-electron chi connectivity index (χ0n) is 34.2. The molecule has 0 aromatic heterocycles. The van der Waals surface area contributed by atoms with Gasteiger partial charge in [-0.2, -0.15) is 0 Å². The summed E-state index contributed by atoms with van der Waals surface area (Å²) >= 11 is 0. The Labute approximate surface area is 331 Å². The molecule has 0 heterocycles. The second-order valence-electron chi connectivity index (χ2n) is 16.6. The lowest BCUT2D eigenvalue weighted by Crippen LogP contribution is -2.52. The maximum absolute atomic E-state index is 13.6. The van der Waals surface area contributed by atoms with E-state index in [1.54, 1.807) is 41.5 Å². The summed E-state index contributed by atoms with van der Waals surface area (Å²) in [6, 6.07) is 10.1. The van der Waals surface area contributed by atoms with Crippen LogP contribution in [0.4, 0.5) is 4.79 Å². The van der Waals surface area contributed by atoms with Crippen LogP contribution >= 0.6 is 0 Å². The highest BCUT2D eigenvalue weighted by Gasteiger charge is 2.31. The highest BCUT2D eigenvalue weighted by Crippen LogP contribution is 2.28. The summed E-state index contributed by atoms with van der Waals surface area (Å²) < 4.78 is 15.7. The number of unbranched alkanes of at least 4 members (excludes halogenated alkanes) is 1. The summed E-state index contributed by atoms with van der Waals surface area (Å²) in [4.78, 5) is 78.0. The molecule has 1 fully saturated rings. The van der Waals surface area contributed by atoms with Crippen molar-refractivity contribution in [2.24, 2.45) is 17.6 Å². The lowest BCUT2D eigenvalue weighted by molar-refractivity contribution is -0.158. The molecule has 310 valence electrons. The van der Waals surface area contributed by atoms with Crippen LogP contribution in [0.5, 0.6) is 0 Å². The Morgan fingerprint density at radius 1 is 0.750 bits per heavy atom. The first-order chi connectivity index (χ1) is 26.4. The molecule has 0 saturated heterocycles. The number of ether oxygens (including phenoxy) is 3. The minimum Gasteiger partial charge on any atom is -0.467 e. The third-order valence-electron chi connectivity index (χ3n) is 9.50. The molecule has 4 amide bonds. The van der Waals surface area contributed by atoms with Gasteiger partial charge in [0.1, 0.15) is 29.3 Å². The number of carbonyl (C=O) groups is 6. The Morgan fingerprint density at radius 3 is 1.98 bits per heavy atom. The quantitative estimate of drug-likeness (QED) is 0.0809. The van der Waals surface area contributed by atoms with Gasteiger partial charge >= 0.3 is 23.9 Å². The molecule has 6 N–H and O–H groups in total. The van der Waals surface area contributed by atoms with E-state index in [0.29, 0.717) is 31.7 Å². The van der Waals surface area contributed by atoms with Gasteiger partial charge in [-0.15, -0.1) is 0 Å². The first kappa shape index (κ1) is 45.7. The van der Waals surface area contributed by atoms with Crippen LogP contribution in [-0.4, -0.2) is 85.3 Å². The third-order valence-corrected chi connectivity index (χ3v) is 9.50. The van der Waals surface area contributed by atoms with Gasteiger partial charge in [0.15, 0.2) is 0 Å². The number of amides is 4. The van der Waals surface area contributed by atoms with E-state index < -0.39 is 53.3 Å². The van der Waals surface area contributed by atoms with Crippen molar-refractivity contribution < 1.29 is 43.0 Å². The molecule has 14 nitrogen and oxygen atoms in total. The SMILES string of the molecule is COC(=O)[C@H](CCCCNC(=O)C(Cc1ccc2ccccc2c1)NC(=O)C1CCC(CN)CC1)NC(=O)N[C@@H](CCC(=O)OC(C)(C)C)C(=O)OC(C)(C)C. The molecule has 1 aliphatic rings. The van der Waals surface area contributed by atoms with E-state index in [9.17, 15) is 28.8 Å². The number of methoxy groups -OCH3 is 1. The Kier molecular flexibility index (Phi) is 17.6. The van der Waals surface area contributed by atoms with Gasteiger partial charge in [-0.25, -0.2) is 14.4 Å². The number of urea groups is 1. The average Bonchev–Trinajstić information content (AvgIpc) is 3.13. The van der Waals surface area contributed by atoms with Crippen LogP contribution in [0.2, 0.25) is 0 Å². The minimum absolute atomic E-state index is 0.0858.